The number of ether oxygens (including phenoxy) is 1. The maximum absolute atomic E-state index is 13.0. The van der Waals surface area contributed by atoms with Gasteiger partial charge in [0.05, 0.1) is 23.8 Å². The van der Waals surface area contributed by atoms with Gasteiger partial charge in [0, 0.05) is 19.3 Å². The number of nitrogens with one attached hydrogen (secondary N) is 1. The molecule has 3 aromatic rings. The molecule has 1 amide bonds. The molecular formula is C21H25N7O2. The standard InChI is InChI=1S/C21H25N7O2/c1-14-4-2-3-5-17(14)28-18(8-10-23-28)20-16(9-11-30-20)21(29)22-12-19-24-25-26-27(19)13-15-6-7-15/h2-5,8,10,15-16,20H,6-7,9,11-13H2,1H3,(H,22,29)/t16-,20-/m0/s1. The van der Waals surface area contributed by atoms with Crippen LogP contribution in [-0.2, 0) is 22.6 Å². The van der Waals surface area contributed by atoms with Crippen LogP contribution < -0.4 is 5.32 Å². The van der Waals surface area contributed by atoms with E-state index >= 15 is 0 Å². The normalized spacial score (nSPS) is 21.1. The van der Waals surface area contributed by atoms with Crippen molar-refractivity contribution in [3.05, 3.63) is 53.6 Å². The van der Waals surface area contributed by atoms with Crippen LogP contribution in [0.4, 0.5) is 0 Å². The molecule has 3 heterocycles. The van der Waals surface area contributed by atoms with E-state index in [1.54, 1.807) is 10.9 Å². The van der Waals surface area contributed by atoms with Crippen LogP contribution in [0.5, 0.6) is 0 Å². The molecule has 0 unspecified atom stereocenters. The molecule has 0 spiro atoms. The van der Waals surface area contributed by atoms with E-state index in [0.29, 0.717) is 31.3 Å². The Labute approximate surface area is 174 Å². The highest BCUT2D eigenvalue weighted by molar-refractivity contribution is 5.79. The van der Waals surface area contributed by atoms with Gasteiger partial charge in [0.2, 0.25) is 5.91 Å². The average molecular weight is 407 g/mol. The Kier molecular flexibility index (Phi) is 5.04. The van der Waals surface area contributed by atoms with Crippen molar-refractivity contribution in [1.29, 1.82) is 0 Å². The molecule has 2 aliphatic rings. The van der Waals surface area contributed by atoms with Crippen molar-refractivity contribution in [3.63, 3.8) is 0 Å². The van der Waals surface area contributed by atoms with Crippen molar-refractivity contribution >= 4 is 5.91 Å². The minimum Gasteiger partial charge on any atom is -0.371 e. The Morgan fingerprint density at radius 1 is 1.23 bits per heavy atom. The van der Waals surface area contributed by atoms with Gasteiger partial charge in [-0.2, -0.15) is 5.10 Å². The largest absolute Gasteiger partial charge is 0.371 e. The molecule has 5 rings (SSSR count). The molecule has 0 radical (unpaired) electrons. The van der Waals surface area contributed by atoms with Crippen molar-refractivity contribution in [2.75, 3.05) is 6.61 Å². The number of nitrogens with zero attached hydrogens (tertiary/aromatic N) is 6. The van der Waals surface area contributed by atoms with Gasteiger partial charge in [-0.25, -0.2) is 9.36 Å². The first kappa shape index (κ1) is 18.9. The molecule has 1 aliphatic heterocycles. The minimum atomic E-state index is -0.338. The number of hydrogen-bond acceptors (Lipinski definition) is 6. The summed E-state index contributed by atoms with van der Waals surface area (Å²) < 4.78 is 9.66. The smallest absolute Gasteiger partial charge is 0.226 e. The Morgan fingerprint density at radius 2 is 2.10 bits per heavy atom. The van der Waals surface area contributed by atoms with Gasteiger partial charge in [0.25, 0.3) is 0 Å². The highest BCUT2D eigenvalue weighted by Crippen LogP contribution is 2.36. The molecule has 0 bridgehead atoms. The molecule has 30 heavy (non-hydrogen) atoms. The lowest BCUT2D eigenvalue weighted by Gasteiger charge is -2.20. The topological polar surface area (TPSA) is 99.8 Å². The molecule has 1 saturated carbocycles. The van der Waals surface area contributed by atoms with Crippen LogP contribution in [0.2, 0.25) is 0 Å². The predicted octanol–water partition coefficient (Wildman–Crippen LogP) is 1.97. The fourth-order valence-electron chi connectivity index (χ4n) is 4.01. The summed E-state index contributed by atoms with van der Waals surface area (Å²) in [5.74, 6) is 1.03. The number of amides is 1. The molecule has 2 aromatic heterocycles. The van der Waals surface area contributed by atoms with E-state index < -0.39 is 0 Å². The third kappa shape index (κ3) is 3.72. The summed E-state index contributed by atoms with van der Waals surface area (Å²) in [6.45, 7) is 3.73. The molecule has 2 fully saturated rings. The second kappa shape index (κ2) is 7.98. The summed E-state index contributed by atoms with van der Waals surface area (Å²) in [4.78, 5) is 13.0. The van der Waals surface area contributed by atoms with Crippen LogP contribution in [0.25, 0.3) is 5.69 Å². The lowest BCUT2D eigenvalue weighted by molar-refractivity contribution is -0.127. The van der Waals surface area contributed by atoms with Crippen LogP contribution in [0, 0.1) is 18.8 Å². The molecule has 156 valence electrons. The molecule has 9 nitrogen and oxygen atoms in total. The van der Waals surface area contributed by atoms with Gasteiger partial charge < -0.3 is 10.1 Å². The fraction of sp³-hybridized carbons (Fsp3) is 0.476. The maximum Gasteiger partial charge on any atom is 0.226 e. The summed E-state index contributed by atoms with van der Waals surface area (Å²) in [5, 5.41) is 19.4. The van der Waals surface area contributed by atoms with E-state index in [4.69, 9.17) is 4.74 Å². The second-order valence-corrected chi connectivity index (χ2v) is 8.08. The molecule has 1 saturated heterocycles. The Morgan fingerprint density at radius 3 is 2.93 bits per heavy atom. The van der Waals surface area contributed by atoms with Crippen LogP contribution in [-0.4, -0.2) is 42.5 Å². The first-order valence-corrected chi connectivity index (χ1v) is 10.4. The summed E-state index contributed by atoms with van der Waals surface area (Å²) in [6, 6.07) is 9.99. The molecule has 2 atom stereocenters. The highest BCUT2D eigenvalue weighted by atomic mass is 16.5. The predicted molar refractivity (Wildman–Crippen MR) is 107 cm³/mol. The Bertz CT molecular complexity index is 1040. The van der Waals surface area contributed by atoms with Crippen molar-refractivity contribution in [2.45, 2.75) is 45.4 Å². The number of carbonyl (C=O) groups excluding carboxylic acids is 1. The number of carbonyl (C=O) groups is 1. The zero-order valence-electron chi connectivity index (χ0n) is 16.9. The molecule has 1 N–H and O–H groups in total. The number of tetrazole rings is 1. The number of aromatic nitrogens is 6. The fourth-order valence-corrected chi connectivity index (χ4v) is 4.01. The summed E-state index contributed by atoms with van der Waals surface area (Å²) in [7, 11) is 0. The second-order valence-electron chi connectivity index (χ2n) is 8.08. The van der Waals surface area contributed by atoms with Gasteiger partial charge in [-0.3, -0.25) is 4.79 Å². The number of para-hydroxylation sites is 1. The van der Waals surface area contributed by atoms with E-state index in [0.717, 1.165) is 23.5 Å². The van der Waals surface area contributed by atoms with E-state index in [-0.39, 0.29) is 17.9 Å². The van der Waals surface area contributed by atoms with Crippen molar-refractivity contribution in [2.24, 2.45) is 11.8 Å². The van der Waals surface area contributed by atoms with Crippen molar-refractivity contribution in [1.82, 2.24) is 35.3 Å². The highest BCUT2D eigenvalue weighted by Gasteiger charge is 2.37. The van der Waals surface area contributed by atoms with Gasteiger partial charge >= 0.3 is 0 Å². The summed E-state index contributed by atoms with van der Waals surface area (Å²) >= 11 is 0. The van der Waals surface area contributed by atoms with Gasteiger partial charge in [-0.1, -0.05) is 18.2 Å². The quantitative estimate of drug-likeness (QED) is 0.643. The van der Waals surface area contributed by atoms with Gasteiger partial charge in [-0.15, -0.1) is 5.10 Å². The van der Waals surface area contributed by atoms with Gasteiger partial charge in [0.15, 0.2) is 5.82 Å². The number of rotatable bonds is 7. The number of benzene rings is 1. The van der Waals surface area contributed by atoms with E-state index in [9.17, 15) is 4.79 Å². The number of aryl methyl sites for hydroxylation is 1. The van der Waals surface area contributed by atoms with Crippen molar-refractivity contribution in [3.8, 4) is 5.69 Å². The lowest BCUT2D eigenvalue weighted by atomic mass is 9.97. The number of hydrogen-bond donors (Lipinski definition) is 1. The van der Waals surface area contributed by atoms with Crippen LogP contribution >= 0.6 is 0 Å². The molecule has 9 heteroatoms. The van der Waals surface area contributed by atoms with Crippen molar-refractivity contribution < 1.29 is 9.53 Å². The van der Waals surface area contributed by atoms with Crippen LogP contribution in [0.1, 0.15) is 42.4 Å². The zero-order valence-corrected chi connectivity index (χ0v) is 16.9. The first-order chi connectivity index (χ1) is 14.7. The van der Waals surface area contributed by atoms with Gasteiger partial charge in [0.1, 0.15) is 6.10 Å². The third-order valence-corrected chi connectivity index (χ3v) is 5.89. The van der Waals surface area contributed by atoms with E-state index in [1.165, 1.54) is 12.8 Å². The van der Waals surface area contributed by atoms with E-state index in [2.05, 4.69) is 25.9 Å². The SMILES string of the molecule is Cc1ccccc1-n1nccc1[C@H]1OCC[C@@H]1C(=O)NCc1nnnn1CC1CC1. The zero-order chi connectivity index (χ0) is 20.5. The Balaban J connectivity index is 1.30. The molecule has 1 aromatic carbocycles. The summed E-state index contributed by atoms with van der Waals surface area (Å²) in [6.07, 6.45) is 4.53. The third-order valence-electron chi connectivity index (χ3n) is 5.89. The summed E-state index contributed by atoms with van der Waals surface area (Å²) in [5.41, 5.74) is 3.00. The monoisotopic (exact) mass is 407 g/mol. The molecular weight excluding hydrogens is 382 g/mol. The first-order valence-electron chi connectivity index (χ1n) is 10.4. The van der Waals surface area contributed by atoms with E-state index in [1.807, 2.05) is 41.9 Å². The van der Waals surface area contributed by atoms with Gasteiger partial charge in [-0.05, 0) is 60.2 Å². The minimum absolute atomic E-state index is 0.0454. The maximum atomic E-state index is 13.0. The lowest BCUT2D eigenvalue weighted by Crippen LogP contribution is -2.33. The van der Waals surface area contributed by atoms with Crippen LogP contribution in [0.3, 0.4) is 0 Å². The molecule has 1 aliphatic carbocycles. The van der Waals surface area contributed by atoms with Crippen LogP contribution in [0.15, 0.2) is 36.5 Å². The average Bonchev–Trinajstić information content (AvgIpc) is 3.15. The Hall–Kier alpha value is -3.07.